The molecule has 0 saturated heterocycles. The Balaban J connectivity index is 4.31. The monoisotopic (exact) mass is 1090 g/mol. The van der Waals surface area contributed by atoms with E-state index in [0.717, 1.165) is 116 Å². The van der Waals surface area contributed by atoms with Crippen molar-refractivity contribution >= 4 is 18.0 Å². The predicted octanol–water partition coefficient (Wildman–Crippen LogP) is 19.9. The van der Waals surface area contributed by atoms with Gasteiger partial charge in [0.15, 0.2) is 0 Å². The van der Waals surface area contributed by atoms with Gasteiger partial charge in [0, 0.05) is 25.9 Å². The summed E-state index contributed by atoms with van der Waals surface area (Å²) in [6, 6.07) is 0. The Kier molecular flexibility index (Phi) is 59.3. The van der Waals surface area contributed by atoms with Crippen molar-refractivity contribution in [3.05, 3.63) is 24.3 Å². The van der Waals surface area contributed by atoms with E-state index in [0.29, 0.717) is 39.1 Å². The third-order valence-corrected chi connectivity index (χ3v) is 15.2. The maximum atomic E-state index is 13.6. The molecule has 0 aromatic rings. The van der Waals surface area contributed by atoms with Crippen molar-refractivity contribution in [1.29, 1.82) is 0 Å². The van der Waals surface area contributed by atoms with Crippen molar-refractivity contribution in [2.24, 2.45) is 0 Å². The Morgan fingerprint density at radius 2 is 0.623 bits per heavy atom. The van der Waals surface area contributed by atoms with Crippen LogP contribution in [0.25, 0.3) is 0 Å². The topological polar surface area (TPSA) is 88.6 Å². The lowest BCUT2D eigenvalue weighted by Crippen LogP contribution is -2.37. The van der Waals surface area contributed by atoms with Gasteiger partial charge in [-0.3, -0.25) is 9.59 Å². The van der Waals surface area contributed by atoms with E-state index in [9.17, 15) is 14.4 Å². The van der Waals surface area contributed by atoms with Gasteiger partial charge >= 0.3 is 18.0 Å². The fraction of sp³-hybridized carbons (Fsp3) is 0.897. The van der Waals surface area contributed by atoms with E-state index in [1.165, 1.54) is 193 Å². The zero-order valence-electron chi connectivity index (χ0n) is 52.4. The van der Waals surface area contributed by atoms with E-state index in [4.69, 9.17) is 14.2 Å². The van der Waals surface area contributed by atoms with E-state index in [1.54, 1.807) is 0 Å². The molecule has 0 aliphatic rings. The van der Waals surface area contributed by atoms with Crippen LogP contribution in [0.15, 0.2) is 24.3 Å². The highest BCUT2D eigenvalue weighted by molar-refractivity contribution is 5.69. The van der Waals surface area contributed by atoms with Crippen LogP contribution in [0.2, 0.25) is 0 Å². The molecular formula is C68H131N3O6. The first-order valence-electron chi connectivity index (χ1n) is 33.6. The van der Waals surface area contributed by atoms with Gasteiger partial charge < -0.3 is 28.9 Å². The lowest BCUT2D eigenvalue weighted by atomic mass is 10.0. The minimum absolute atomic E-state index is 0.0540. The summed E-state index contributed by atoms with van der Waals surface area (Å²) in [5.41, 5.74) is 0. The van der Waals surface area contributed by atoms with Crippen LogP contribution in [-0.4, -0.2) is 106 Å². The molecule has 0 N–H and O–H groups in total. The molecule has 0 bridgehead atoms. The molecule has 0 aliphatic carbocycles. The summed E-state index contributed by atoms with van der Waals surface area (Å²) in [5.74, 6) is -0.108. The van der Waals surface area contributed by atoms with Gasteiger partial charge in [-0.2, -0.15) is 0 Å². The minimum atomic E-state index is -0.183. The molecule has 0 atom stereocenters. The van der Waals surface area contributed by atoms with Crippen molar-refractivity contribution in [1.82, 2.24) is 14.7 Å². The molecule has 0 spiro atoms. The normalized spacial score (nSPS) is 11.9. The molecule has 0 aromatic heterocycles. The Morgan fingerprint density at radius 1 is 0.338 bits per heavy atom. The molecule has 0 radical (unpaired) electrons. The highest BCUT2D eigenvalue weighted by atomic mass is 16.6. The molecule has 0 fully saturated rings. The first-order valence-corrected chi connectivity index (χ1v) is 33.6. The van der Waals surface area contributed by atoms with Crippen molar-refractivity contribution in [2.75, 3.05) is 67.6 Å². The number of hydrogen-bond donors (Lipinski definition) is 0. The summed E-state index contributed by atoms with van der Waals surface area (Å²) >= 11 is 0. The fourth-order valence-corrected chi connectivity index (χ4v) is 10.2. The predicted molar refractivity (Wildman–Crippen MR) is 332 cm³/mol. The maximum absolute atomic E-state index is 13.6. The molecule has 0 aromatic carbocycles. The van der Waals surface area contributed by atoms with Crippen LogP contribution >= 0.6 is 0 Å². The smallest absolute Gasteiger partial charge is 0.410 e. The Morgan fingerprint density at radius 3 is 0.948 bits per heavy atom. The Hall–Kier alpha value is -2.39. The van der Waals surface area contributed by atoms with Gasteiger partial charge in [-0.15, -0.1) is 0 Å². The van der Waals surface area contributed by atoms with Gasteiger partial charge in [0.2, 0.25) is 0 Å². The Labute approximate surface area is 479 Å². The Bertz CT molecular complexity index is 1220. The van der Waals surface area contributed by atoms with Gasteiger partial charge in [-0.25, -0.2) is 4.79 Å². The van der Waals surface area contributed by atoms with Crippen molar-refractivity contribution in [3.63, 3.8) is 0 Å². The summed E-state index contributed by atoms with van der Waals surface area (Å²) in [4.78, 5) is 44.7. The van der Waals surface area contributed by atoms with E-state index in [-0.39, 0.29) is 24.1 Å². The van der Waals surface area contributed by atoms with Crippen LogP contribution in [-0.2, 0) is 23.8 Å². The molecule has 454 valence electrons. The van der Waals surface area contributed by atoms with Gasteiger partial charge in [-0.1, -0.05) is 218 Å². The number of hydrogen-bond acceptors (Lipinski definition) is 8. The van der Waals surface area contributed by atoms with Crippen LogP contribution in [0, 0.1) is 0 Å². The van der Waals surface area contributed by atoms with Crippen molar-refractivity contribution < 1.29 is 28.6 Å². The summed E-state index contributed by atoms with van der Waals surface area (Å²) < 4.78 is 17.5. The zero-order chi connectivity index (χ0) is 56.2. The van der Waals surface area contributed by atoms with Crippen LogP contribution in [0.1, 0.15) is 322 Å². The number of amides is 1. The van der Waals surface area contributed by atoms with Crippen LogP contribution in [0.5, 0.6) is 0 Å². The second-order valence-corrected chi connectivity index (χ2v) is 23.7. The third kappa shape index (κ3) is 59.6. The van der Waals surface area contributed by atoms with Crippen LogP contribution in [0.4, 0.5) is 4.79 Å². The van der Waals surface area contributed by atoms with Gasteiger partial charge in [0.25, 0.3) is 0 Å². The number of carbonyl (C=O) groups is 3. The number of allylic oxidation sites excluding steroid dienone is 4. The number of nitrogens with zero attached hydrogens (tertiary/aromatic N) is 3. The summed E-state index contributed by atoms with van der Waals surface area (Å²) in [7, 11) is 8.29. The largest absolute Gasteiger partial charge is 0.466 e. The zero-order valence-corrected chi connectivity index (χ0v) is 52.4. The first-order chi connectivity index (χ1) is 37.7. The molecule has 0 aliphatic heterocycles. The lowest BCUT2D eigenvalue weighted by molar-refractivity contribution is -0.144. The molecule has 0 saturated carbocycles. The molecular weight excluding hydrogens is 955 g/mol. The standard InChI is InChI=1S/C68H131N3O6/c1-7-9-11-13-15-17-19-21-23-25-27-29-31-33-35-37-39-41-49-57-66(72)75-63-51-45-43-47-55-65(77-68(74)71(61-53-59-69(3)4)62-54-60-70(5)6)56-48-44-46-52-64-76-67(73)58-50-42-40-38-36-34-32-30-28-26-24-22-20-18-16-14-12-10-8-2/h21-24,65H,7-20,25-64H2,1-6H3/b23-21-,24-22-. The maximum Gasteiger partial charge on any atom is 0.410 e. The molecule has 0 unspecified atom stereocenters. The number of ether oxygens (including phenoxy) is 3. The molecule has 9 nitrogen and oxygen atoms in total. The molecule has 0 heterocycles. The number of esters is 2. The van der Waals surface area contributed by atoms with Gasteiger partial charge in [0.1, 0.15) is 6.10 Å². The highest BCUT2D eigenvalue weighted by Crippen LogP contribution is 2.19. The SMILES string of the molecule is CCCCCCCC/C=C\CCCCCCCCCCCC(=O)OCCCCCCC(CCCCCCOC(=O)CCCCCCCCCCC/C=C\CCCCCCCC)OC(=O)N(CCCN(C)C)CCCN(C)C. The van der Waals surface area contributed by atoms with Crippen LogP contribution < -0.4 is 0 Å². The van der Waals surface area contributed by atoms with E-state index in [1.807, 2.05) is 4.90 Å². The molecule has 9 heteroatoms. The van der Waals surface area contributed by atoms with Crippen molar-refractivity contribution in [3.8, 4) is 0 Å². The third-order valence-electron chi connectivity index (χ3n) is 15.2. The lowest BCUT2D eigenvalue weighted by Gasteiger charge is -2.27. The summed E-state index contributed by atoms with van der Waals surface area (Å²) in [5, 5.41) is 0. The number of carbonyl (C=O) groups excluding carboxylic acids is 3. The molecule has 0 rings (SSSR count). The van der Waals surface area contributed by atoms with E-state index < -0.39 is 0 Å². The fourth-order valence-electron chi connectivity index (χ4n) is 10.2. The second-order valence-electron chi connectivity index (χ2n) is 23.7. The summed E-state index contributed by atoms with van der Waals surface area (Å²) in [6.45, 7) is 8.81. The average molecular weight is 1090 g/mol. The highest BCUT2D eigenvalue weighted by Gasteiger charge is 2.20. The van der Waals surface area contributed by atoms with Crippen LogP contribution in [0.3, 0.4) is 0 Å². The molecule has 77 heavy (non-hydrogen) atoms. The van der Waals surface area contributed by atoms with E-state index >= 15 is 0 Å². The number of rotatable bonds is 61. The van der Waals surface area contributed by atoms with Crippen molar-refractivity contribution in [2.45, 2.75) is 328 Å². The van der Waals surface area contributed by atoms with Gasteiger partial charge in [-0.05, 0) is 157 Å². The average Bonchev–Trinajstić information content (AvgIpc) is 3.40. The summed E-state index contributed by atoms with van der Waals surface area (Å²) in [6.07, 6.45) is 65.6. The first kappa shape index (κ1) is 74.6. The quantitative estimate of drug-likeness (QED) is 0.0258. The van der Waals surface area contributed by atoms with Gasteiger partial charge in [0.05, 0.1) is 13.2 Å². The molecule has 1 amide bonds. The minimum Gasteiger partial charge on any atom is -0.466 e. The second kappa shape index (κ2) is 61.2. The number of unbranched alkanes of at least 4 members (excludes halogenated alkanes) is 36. The van der Waals surface area contributed by atoms with E-state index in [2.05, 4.69) is 76.1 Å².